The van der Waals surface area contributed by atoms with Crippen molar-refractivity contribution in [2.75, 3.05) is 0 Å². The minimum absolute atomic E-state index is 1.17. The first-order valence-electron chi connectivity index (χ1n) is 17.5. The molecule has 2 heteroatoms. The van der Waals surface area contributed by atoms with E-state index in [1.165, 1.54) is 88.0 Å². The van der Waals surface area contributed by atoms with E-state index in [-0.39, 0.29) is 0 Å². The van der Waals surface area contributed by atoms with Gasteiger partial charge < -0.3 is 9.13 Å². The monoisotopic (exact) mass is 640 g/mol. The maximum Gasteiger partial charge on any atom is 0.0547 e. The van der Waals surface area contributed by atoms with E-state index in [2.05, 4.69) is 191 Å². The molecule has 2 nitrogen and oxygen atoms in total. The van der Waals surface area contributed by atoms with Crippen molar-refractivity contribution < 1.29 is 0 Å². The first-order chi connectivity index (χ1) is 24.8. The van der Waals surface area contributed by atoms with Crippen molar-refractivity contribution in [1.29, 1.82) is 0 Å². The van der Waals surface area contributed by atoms with Crippen LogP contribution in [0.2, 0.25) is 0 Å². The Bertz CT molecular complexity index is 2620. The zero-order valence-electron chi connectivity index (χ0n) is 28.2. The fourth-order valence-electron chi connectivity index (χ4n) is 7.81. The third-order valence-corrected chi connectivity index (χ3v) is 9.89. The van der Waals surface area contributed by atoms with Crippen LogP contribution < -0.4 is 0 Å². The Hall–Kier alpha value is -6.38. The van der Waals surface area contributed by atoms with E-state index in [9.17, 15) is 0 Å². The summed E-state index contributed by atoms with van der Waals surface area (Å²) in [6.07, 6.45) is 0. The Kier molecular flexibility index (Phi) is 7.29. The van der Waals surface area contributed by atoms with E-state index >= 15 is 0 Å². The highest BCUT2D eigenvalue weighted by Crippen LogP contribution is 2.41. The minimum atomic E-state index is 1.17. The number of rotatable bonds is 4. The molecule has 0 saturated carbocycles. The highest BCUT2D eigenvalue weighted by atomic mass is 15.0. The van der Waals surface area contributed by atoms with Crippen LogP contribution in [0.15, 0.2) is 182 Å². The maximum atomic E-state index is 2.39. The molecule has 10 rings (SSSR count). The summed E-state index contributed by atoms with van der Waals surface area (Å²) in [5, 5.41) is 7.58. The van der Waals surface area contributed by atoms with Gasteiger partial charge in [0.2, 0.25) is 0 Å². The van der Waals surface area contributed by atoms with Crippen molar-refractivity contribution in [3.8, 4) is 33.6 Å². The van der Waals surface area contributed by atoms with Crippen molar-refractivity contribution in [2.45, 2.75) is 13.8 Å². The van der Waals surface area contributed by atoms with Crippen LogP contribution in [0.5, 0.6) is 0 Å². The molecule has 0 unspecified atom stereocenters. The van der Waals surface area contributed by atoms with Crippen LogP contribution in [0.3, 0.4) is 0 Å². The van der Waals surface area contributed by atoms with Crippen molar-refractivity contribution in [3.05, 3.63) is 182 Å². The Morgan fingerprint density at radius 2 is 0.700 bits per heavy atom. The molecule has 2 heterocycles. The summed E-state index contributed by atoms with van der Waals surface area (Å²) in [6.45, 7) is 4.00. The van der Waals surface area contributed by atoms with Crippen LogP contribution in [0.4, 0.5) is 0 Å². The number of para-hydroxylation sites is 4. The molecule has 0 atom stereocenters. The van der Waals surface area contributed by atoms with Gasteiger partial charge >= 0.3 is 0 Å². The lowest BCUT2D eigenvalue weighted by atomic mass is 9.94. The number of aromatic nitrogens is 2. The molecule has 0 amide bonds. The van der Waals surface area contributed by atoms with E-state index in [0.717, 1.165) is 0 Å². The van der Waals surface area contributed by atoms with Crippen LogP contribution in [0.1, 0.15) is 13.8 Å². The topological polar surface area (TPSA) is 9.86 Å². The lowest BCUT2D eigenvalue weighted by Crippen LogP contribution is -1.93. The van der Waals surface area contributed by atoms with Gasteiger partial charge in [0.25, 0.3) is 0 Å². The summed E-state index contributed by atoms with van der Waals surface area (Å²) in [5.41, 5.74) is 12.2. The third kappa shape index (κ3) is 4.64. The quantitative estimate of drug-likeness (QED) is 0.181. The van der Waals surface area contributed by atoms with Gasteiger partial charge in [0.15, 0.2) is 0 Å². The van der Waals surface area contributed by atoms with Crippen LogP contribution in [-0.4, -0.2) is 9.13 Å². The molecule has 0 aliphatic rings. The second kappa shape index (κ2) is 12.3. The highest BCUT2D eigenvalue weighted by Gasteiger charge is 2.18. The smallest absolute Gasteiger partial charge is 0.0547 e. The van der Waals surface area contributed by atoms with Gasteiger partial charge in [-0.3, -0.25) is 0 Å². The summed E-state index contributed by atoms with van der Waals surface area (Å²) in [4.78, 5) is 0. The number of nitrogens with zero attached hydrogens (tertiary/aromatic N) is 2. The molecule has 10 aromatic rings. The molecule has 0 aliphatic heterocycles. The van der Waals surface area contributed by atoms with Crippen LogP contribution >= 0.6 is 0 Å². The summed E-state index contributed by atoms with van der Waals surface area (Å²) in [5.74, 6) is 0. The van der Waals surface area contributed by atoms with E-state index in [1.54, 1.807) is 0 Å². The van der Waals surface area contributed by atoms with Crippen molar-refractivity contribution in [3.63, 3.8) is 0 Å². The van der Waals surface area contributed by atoms with E-state index in [0.29, 0.717) is 0 Å². The molecule has 0 bridgehead atoms. The van der Waals surface area contributed by atoms with Crippen LogP contribution in [-0.2, 0) is 0 Å². The van der Waals surface area contributed by atoms with Gasteiger partial charge in [-0.25, -0.2) is 0 Å². The fraction of sp³-hybridized carbons (Fsp3) is 0.0417. The van der Waals surface area contributed by atoms with Crippen molar-refractivity contribution in [1.82, 2.24) is 9.13 Å². The Morgan fingerprint density at radius 1 is 0.320 bits per heavy atom. The summed E-state index contributed by atoms with van der Waals surface area (Å²) < 4.78 is 4.77. The summed E-state index contributed by atoms with van der Waals surface area (Å²) in [6, 6.07) is 66.1. The van der Waals surface area contributed by atoms with Crippen LogP contribution in [0.25, 0.3) is 88.0 Å². The van der Waals surface area contributed by atoms with Crippen molar-refractivity contribution in [2.24, 2.45) is 0 Å². The normalized spacial score (nSPS) is 11.4. The maximum absolute atomic E-state index is 2.39. The summed E-state index contributed by atoms with van der Waals surface area (Å²) in [7, 11) is 0. The van der Waals surface area contributed by atoms with Crippen molar-refractivity contribution >= 4 is 54.4 Å². The molecule has 2 aromatic heterocycles. The molecule has 0 spiro atoms. The molecule has 8 aromatic carbocycles. The average Bonchev–Trinajstić information content (AvgIpc) is 3.72. The van der Waals surface area contributed by atoms with Gasteiger partial charge in [-0.05, 0) is 93.7 Å². The molecule has 0 N–H and O–H groups in total. The zero-order chi connectivity index (χ0) is 33.6. The molecule has 0 radical (unpaired) electrons. The van der Waals surface area contributed by atoms with Crippen LogP contribution in [0, 0.1) is 0 Å². The first-order valence-corrected chi connectivity index (χ1v) is 17.5. The SMILES string of the molecule is CC.c1ccc(-n2c3ccccc3c3c(-c4ccc5cc(-c6cccc7c6c6ccccc6n7-c6ccccc6)ccc5c4)cccc32)cc1. The molecular formula is C48H36N2. The standard InChI is InChI=1S/C46H30N2.C2H6/c1-3-13-35(14-4-1)47-41-21-9-7-17-39(41)45-37(19-11-23-43(45)47)33-27-25-32-30-34(28-26-31(32)29-33)38-20-12-24-44-46(38)40-18-8-10-22-42(40)48(44)36-15-5-2-6-16-36;1-2/h1-30H;1-2H3. The lowest BCUT2D eigenvalue weighted by molar-refractivity contribution is 1.18. The summed E-state index contributed by atoms with van der Waals surface area (Å²) >= 11 is 0. The molecule has 238 valence electrons. The molecule has 0 saturated heterocycles. The second-order valence-electron chi connectivity index (χ2n) is 12.6. The van der Waals surface area contributed by atoms with Gasteiger partial charge in [-0.1, -0.05) is 135 Å². The van der Waals surface area contributed by atoms with E-state index in [1.807, 2.05) is 13.8 Å². The predicted octanol–water partition coefficient (Wildman–Crippen LogP) is 13.4. The fourth-order valence-corrected chi connectivity index (χ4v) is 7.81. The predicted molar refractivity (Wildman–Crippen MR) is 215 cm³/mol. The Morgan fingerprint density at radius 3 is 1.14 bits per heavy atom. The number of hydrogen-bond donors (Lipinski definition) is 0. The van der Waals surface area contributed by atoms with Gasteiger partial charge in [0.1, 0.15) is 0 Å². The number of fused-ring (bicyclic) bond motifs is 7. The lowest BCUT2D eigenvalue weighted by Gasteiger charge is -2.11. The first kappa shape index (κ1) is 29.7. The van der Waals surface area contributed by atoms with Gasteiger partial charge in [-0.15, -0.1) is 0 Å². The third-order valence-electron chi connectivity index (χ3n) is 9.89. The Balaban J connectivity index is 0.00000165. The molecule has 0 fully saturated rings. The minimum Gasteiger partial charge on any atom is -0.309 e. The average molecular weight is 641 g/mol. The highest BCUT2D eigenvalue weighted by molar-refractivity contribution is 6.17. The number of benzene rings is 8. The van der Waals surface area contributed by atoms with Gasteiger partial charge in [0.05, 0.1) is 22.1 Å². The van der Waals surface area contributed by atoms with E-state index < -0.39 is 0 Å². The number of hydrogen-bond acceptors (Lipinski definition) is 0. The van der Waals surface area contributed by atoms with Gasteiger partial charge in [0, 0.05) is 32.9 Å². The Labute approximate surface area is 292 Å². The molecule has 0 aliphatic carbocycles. The second-order valence-corrected chi connectivity index (χ2v) is 12.6. The molecular weight excluding hydrogens is 605 g/mol. The molecule has 50 heavy (non-hydrogen) atoms. The van der Waals surface area contributed by atoms with Gasteiger partial charge in [-0.2, -0.15) is 0 Å². The van der Waals surface area contributed by atoms with E-state index in [4.69, 9.17) is 0 Å². The largest absolute Gasteiger partial charge is 0.309 e. The zero-order valence-corrected chi connectivity index (χ0v) is 28.2.